The second kappa shape index (κ2) is 14.6. The van der Waals surface area contributed by atoms with Crippen LogP contribution < -0.4 is 32.3 Å². The second-order valence-corrected chi connectivity index (χ2v) is 13.0. The van der Waals surface area contributed by atoms with E-state index in [-0.39, 0.29) is 45.4 Å². The van der Waals surface area contributed by atoms with Gasteiger partial charge in [-0.1, -0.05) is 6.58 Å². The van der Waals surface area contributed by atoms with Crippen LogP contribution in [0.4, 0.5) is 22.7 Å². The Morgan fingerprint density at radius 2 is 1.32 bits per heavy atom. The number of benzene rings is 1. The van der Waals surface area contributed by atoms with Gasteiger partial charge >= 0.3 is 0 Å². The molecule has 11 N–H and O–H groups in total. The molecule has 0 bridgehead atoms. The summed E-state index contributed by atoms with van der Waals surface area (Å²) in [6, 6.07) is 5.09. The standard InChI is InChI=1S/C32H32BrN11O5S/c1-13-19(10-37-24(13)28(46)36-8-7-23(34)35)41-29(47)25-14(2)20(11-38-25)42-30(48)26-15(3)21(12-39-26)43-31(49)32-44-18-9-17(5-6-22(18)50-32)40-27(45)16(4)33/h5-6,9-12,37-39H,4,7-8H2,1-3H3,(H3,34,35)(H,36,46)(H,40,45)(H,41,47)(H,42,48)(H,43,49). The highest BCUT2D eigenvalue weighted by Crippen LogP contribution is 2.28. The van der Waals surface area contributed by atoms with E-state index in [0.29, 0.717) is 45.0 Å². The topological polar surface area (TPSA) is 256 Å². The fourth-order valence-electron chi connectivity index (χ4n) is 4.83. The van der Waals surface area contributed by atoms with Crippen molar-refractivity contribution in [1.29, 1.82) is 5.41 Å². The lowest BCUT2D eigenvalue weighted by atomic mass is 10.2. The van der Waals surface area contributed by atoms with Gasteiger partial charge in [-0.25, -0.2) is 4.98 Å². The first-order valence-corrected chi connectivity index (χ1v) is 16.5. The van der Waals surface area contributed by atoms with E-state index in [1.807, 2.05) is 0 Å². The number of aromatic nitrogens is 4. The number of hydrogen-bond acceptors (Lipinski definition) is 8. The van der Waals surface area contributed by atoms with Crippen molar-refractivity contribution in [1.82, 2.24) is 25.3 Å². The van der Waals surface area contributed by atoms with Gasteiger partial charge < -0.3 is 47.3 Å². The highest BCUT2D eigenvalue weighted by Gasteiger charge is 2.22. The van der Waals surface area contributed by atoms with Gasteiger partial charge in [-0.2, -0.15) is 0 Å². The van der Waals surface area contributed by atoms with E-state index in [4.69, 9.17) is 11.1 Å². The van der Waals surface area contributed by atoms with Crippen LogP contribution in [0.5, 0.6) is 0 Å². The van der Waals surface area contributed by atoms with Gasteiger partial charge in [0.2, 0.25) is 0 Å². The first kappa shape index (κ1) is 35.3. The summed E-state index contributed by atoms with van der Waals surface area (Å²) in [6.07, 6.45) is 4.70. The van der Waals surface area contributed by atoms with Crippen molar-refractivity contribution in [2.75, 3.05) is 27.8 Å². The number of amidine groups is 1. The summed E-state index contributed by atoms with van der Waals surface area (Å²) in [6.45, 7) is 8.76. The average molecular weight is 763 g/mol. The number of carbonyl (C=O) groups excluding carboxylic acids is 5. The Hall–Kier alpha value is -6.01. The Morgan fingerprint density at radius 3 is 1.82 bits per heavy atom. The fraction of sp³-hybridized carbons (Fsp3) is 0.156. The number of nitrogens with one attached hydrogen (secondary N) is 9. The first-order chi connectivity index (χ1) is 23.7. The molecule has 50 heavy (non-hydrogen) atoms. The quantitative estimate of drug-likeness (QED) is 0.0479. The molecule has 0 saturated heterocycles. The summed E-state index contributed by atoms with van der Waals surface area (Å²) in [5.41, 5.74) is 9.60. The number of hydrogen-bond donors (Lipinski definition) is 10. The third-order valence-electron chi connectivity index (χ3n) is 7.61. The lowest BCUT2D eigenvalue weighted by Gasteiger charge is -2.07. The molecule has 0 aliphatic carbocycles. The smallest absolute Gasteiger partial charge is 0.284 e. The predicted octanol–water partition coefficient (Wildman–Crippen LogP) is 4.87. The second-order valence-electron chi connectivity index (χ2n) is 11.1. The molecule has 4 heterocycles. The lowest BCUT2D eigenvalue weighted by Crippen LogP contribution is -2.28. The number of H-pyrrole nitrogens is 3. The van der Waals surface area contributed by atoms with Crippen LogP contribution in [0.2, 0.25) is 0 Å². The number of fused-ring (bicyclic) bond motifs is 1. The van der Waals surface area contributed by atoms with Gasteiger partial charge in [-0.3, -0.25) is 29.4 Å². The van der Waals surface area contributed by atoms with Crippen molar-refractivity contribution < 1.29 is 24.0 Å². The van der Waals surface area contributed by atoms with Crippen LogP contribution in [0.15, 0.2) is 47.9 Å². The summed E-state index contributed by atoms with van der Waals surface area (Å²) in [4.78, 5) is 76.8. The molecule has 0 aliphatic heterocycles. The monoisotopic (exact) mass is 761 g/mol. The molecule has 5 amide bonds. The summed E-state index contributed by atoms with van der Waals surface area (Å²) >= 11 is 4.21. The first-order valence-electron chi connectivity index (χ1n) is 14.9. The van der Waals surface area contributed by atoms with Gasteiger partial charge in [0.05, 0.1) is 37.6 Å². The van der Waals surface area contributed by atoms with Crippen molar-refractivity contribution in [3.63, 3.8) is 0 Å². The maximum absolute atomic E-state index is 13.2. The minimum Gasteiger partial charge on any atom is -0.388 e. The van der Waals surface area contributed by atoms with Gasteiger partial charge in [0, 0.05) is 53.9 Å². The molecule has 5 rings (SSSR count). The van der Waals surface area contributed by atoms with Crippen LogP contribution in [0.3, 0.4) is 0 Å². The van der Waals surface area contributed by atoms with E-state index < -0.39 is 29.5 Å². The number of anilines is 4. The number of nitrogens with zero attached hydrogens (tertiary/aromatic N) is 1. The van der Waals surface area contributed by atoms with E-state index in [0.717, 1.165) is 4.70 Å². The highest BCUT2D eigenvalue weighted by molar-refractivity contribution is 9.12. The number of amides is 5. The summed E-state index contributed by atoms with van der Waals surface area (Å²) in [7, 11) is 0. The maximum atomic E-state index is 13.2. The van der Waals surface area contributed by atoms with Crippen LogP contribution in [0.1, 0.15) is 64.4 Å². The van der Waals surface area contributed by atoms with Crippen LogP contribution >= 0.6 is 27.3 Å². The van der Waals surface area contributed by atoms with Gasteiger partial charge in [-0.15, -0.1) is 11.3 Å². The molecule has 0 fully saturated rings. The van der Waals surface area contributed by atoms with Crippen molar-refractivity contribution in [3.05, 3.63) is 86.6 Å². The number of thiazole rings is 1. The molecule has 0 atom stereocenters. The van der Waals surface area contributed by atoms with Gasteiger partial charge in [0.15, 0.2) is 5.01 Å². The van der Waals surface area contributed by atoms with Crippen molar-refractivity contribution in [2.45, 2.75) is 27.2 Å². The van der Waals surface area contributed by atoms with Crippen LogP contribution in [0.25, 0.3) is 10.2 Å². The zero-order chi connectivity index (χ0) is 36.3. The molecule has 258 valence electrons. The molecule has 18 heteroatoms. The molecule has 16 nitrogen and oxygen atoms in total. The zero-order valence-corrected chi connectivity index (χ0v) is 29.3. The Morgan fingerprint density at radius 1 is 0.820 bits per heavy atom. The summed E-state index contributed by atoms with van der Waals surface area (Å²) in [5.74, 6) is -2.31. The Bertz CT molecular complexity index is 2210. The third-order valence-corrected chi connectivity index (χ3v) is 9.01. The summed E-state index contributed by atoms with van der Waals surface area (Å²) < 4.78 is 0.914. The molecule has 0 saturated carbocycles. The van der Waals surface area contributed by atoms with Crippen LogP contribution in [0, 0.1) is 26.2 Å². The minimum atomic E-state index is -0.500. The normalized spacial score (nSPS) is 10.8. The number of nitrogens with two attached hydrogens (primary N) is 1. The Balaban J connectivity index is 1.21. The Labute approximate surface area is 296 Å². The number of aromatic amines is 3. The summed E-state index contributed by atoms with van der Waals surface area (Å²) in [5, 5.41) is 21.1. The van der Waals surface area contributed by atoms with Crippen molar-refractivity contribution in [2.24, 2.45) is 5.73 Å². The largest absolute Gasteiger partial charge is 0.388 e. The molecule has 0 spiro atoms. The van der Waals surface area contributed by atoms with Crippen LogP contribution in [-0.2, 0) is 4.79 Å². The molecule has 5 aromatic rings. The fourth-order valence-corrected chi connectivity index (χ4v) is 5.77. The molecule has 1 aromatic carbocycles. The van der Waals surface area contributed by atoms with Crippen molar-refractivity contribution >= 4 is 95.6 Å². The number of rotatable bonds is 12. The van der Waals surface area contributed by atoms with Gasteiger partial charge in [0.1, 0.15) is 17.1 Å². The minimum absolute atomic E-state index is 0.0417. The van der Waals surface area contributed by atoms with Crippen LogP contribution in [-0.4, -0.2) is 61.9 Å². The van der Waals surface area contributed by atoms with E-state index >= 15 is 0 Å². The van der Waals surface area contributed by atoms with E-state index in [2.05, 4.69) is 69.0 Å². The SMILES string of the molecule is C=C(Br)C(=O)Nc1ccc2sc(C(=O)Nc3c[nH]c(C(=O)Nc4c[nH]c(C(=O)Nc5c[nH]c(C(=O)NCCC(=N)N)c5C)c4C)c3C)nc2c1. The van der Waals surface area contributed by atoms with E-state index in [1.54, 1.807) is 39.0 Å². The number of carbonyl (C=O) groups is 5. The molecule has 0 aliphatic rings. The molecular formula is C32H32BrN11O5S. The third kappa shape index (κ3) is 7.66. The number of halogens is 1. The Kier molecular flexibility index (Phi) is 10.3. The van der Waals surface area contributed by atoms with Gasteiger partial charge in [-0.05, 0) is 54.9 Å². The highest BCUT2D eigenvalue weighted by atomic mass is 79.9. The molecule has 0 unspecified atom stereocenters. The maximum Gasteiger partial charge on any atom is 0.284 e. The van der Waals surface area contributed by atoms with Gasteiger partial charge in [0.25, 0.3) is 29.5 Å². The predicted molar refractivity (Wildman–Crippen MR) is 196 cm³/mol. The van der Waals surface area contributed by atoms with E-state index in [9.17, 15) is 24.0 Å². The molecule has 0 radical (unpaired) electrons. The zero-order valence-electron chi connectivity index (χ0n) is 26.9. The molecule has 4 aromatic heterocycles. The average Bonchev–Trinajstić information content (AvgIpc) is 3.83. The lowest BCUT2D eigenvalue weighted by molar-refractivity contribution is -0.112. The molecular weight excluding hydrogens is 730 g/mol. The van der Waals surface area contributed by atoms with Crippen molar-refractivity contribution in [3.8, 4) is 0 Å². The van der Waals surface area contributed by atoms with E-state index in [1.165, 1.54) is 29.9 Å².